The van der Waals surface area contributed by atoms with Crippen LogP contribution in [0.25, 0.3) is 159 Å². The second-order valence-electron chi connectivity index (χ2n) is 19.5. The quantitative estimate of drug-likeness (QED) is 0.173. The summed E-state index contributed by atoms with van der Waals surface area (Å²) >= 11 is 0. The second kappa shape index (κ2) is 14.9. The summed E-state index contributed by atoms with van der Waals surface area (Å²) in [5, 5.41) is 36.1. The fourth-order valence-electron chi connectivity index (χ4n) is 12.8. The van der Waals surface area contributed by atoms with E-state index in [1.54, 1.807) is 6.20 Å². The number of hydrogen-bond acceptors (Lipinski definition) is 6. The zero-order valence-corrected chi connectivity index (χ0v) is 40.0. The first kappa shape index (κ1) is 40.7. The molecule has 7 heterocycles. The Hall–Kier alpha value is -10.9. The first-order valence-corrected chi connectivity index (χ1v) is 25.1. The molecule has 9 heteroatoms. The van der Waals surface area contributed by atoms with Gasteiger partial charge in [0.1, 0.15) is 28.9 Å². The van der Waals surface area contributed by atoms with Crippen LogP contribution in [-0.2, 0) is 0 Å². The molecule has 0 unspecified atom stereocenters. The zero-order valence-electron chi connectivity index (χ0n) is 40.0. The number of rotatable bonds is 4. The molecule has 7 aromatic heterocycles. The van der Waals surface area contributed by atoms with E-state index in [1.807, 2.05) is 97.2 Å². The summed E-state index contributed by atoms with van der Waals surface area (Å²) in [7, 11) is 0. The van der Waals surface area contributed by atoms with Crippen molar-refractivity contribution in [3.8, 4) is 40.3 Å². The van der Waals surface area contributed by atoms with Crippen LogP contribution in [0.2, 0.25) is 0 Å². The summed E-state index contributed by atoms with van der Waals surface area (Å²) < 4.78 is 27.6. The lowest BCUT2D eigenvalue weighted by Crippen LogP contribution is -2.14. The number of nitriles is 2. The summed E-state index contributed by atoms with van der Waals surface area (Å²) in [6, 6.07) is 71.5. The topological polar surface area (TPSA) is 115 Å². The first-order chi connectivity index (χ1) is 37.7. The fourth-order valence-corrected chi connectivity index (χ4v) is 12.8. The maximum absolute atomic E-state index is 12.4. The molecular formula is C67H34N6O3. The highest BCUT2D eigenvalue weighted by Gasteiger charge is 2.35. The van der Waals surface area contributed by atoms with E-state index in [-0.39, 0.29) is 11.1 Å². The highest BCUT2D eigenvalue weighted by atomic mass is 16.3. The van der Waals surface area contributed by atoms with E-state index in [9.17, 15) is 10.5 Å². The molecule has 10 aromatic carbocycles. The molecule has 0 aliphatic carbocycles. The Morgan fingerprint density at radius 1 is 0.329 bits per heavy atom. The molecular weight excluding hydrogens is 937 g/mol. The highest BCUT2D eigenvalue weighted by molar-refractivity contribution is 6.26. The van der Waals surface area contributed by atoms with E-state index < -0.39 is 0 Å². The van der Waals surface area contributed by atoms with Crippen LogP contribution < -0.4 is 0 Å². The van der Waals surface area contributed by atoms with Crippen molar-refractivity contribution in [2.45, 2.75) is 0 Å². The Balaban J connectivity index is 1.20. The number of furan rings is 3. The van der Waals surface area contributed by atoms with E-state index in [2.05, 4.69) is 129 Å². The van der Waals surface area contributed by atoms with E-state index >= 15 is 0 Å². The van der Waals surface area contributed by atoms with Gasteiger partial charge in [-0.25, -0.2) is 0 Å². The third-order valence-corrected chi connectivity index (χ3v) is 15.8. The van der Waals surface area contributed by atoms with Gasteiger partial charge in [-0.2, -0.15) is 10.5 Å². The number of para-hydroxylation sites is 6. The number of benzene rings is 10. The molecule has 76 heavy (non-hydrogen) atoms. The van der Waals surface area contributed by atoms with Gasteiger partial charge in [-0.1, -0.05) is 133 Å². The minimum atomic E-state index is 0.168. The minimum Gasteiger partial charge on any atom is -0.454 e. The number of fused-ring (bicyclic) bond motifs is 21. The van der Waals surface area contributed by atoms with Crippen LogP contribution in [0.3, 0.4) is 0 Å². The maximum atomic E-state index is 12.4. The monoisotopic (exact) mass is 970 g/mol. The molecule has 9 nitrogen and oxygen atoms in total. The lowest BCUT2D eigenvalue weighted by molar-refractivity contribution is 0.670. The normalized spacial score (nSPS) is 12.2. The van der Waals surface area contributed by atoms with E-state index in [0.29, 0.717) is 39.4 Å². The Bertz CT molecular complexity index is 5510. The minimum absolute atomic E-state index is 0.168. The maximum Gasteiger partial charge on any atom is 0.160 e. The van der Waals surface area contributed by atoms with Crippen LogP contribution in [0.4, 0.5) is 0 Å². The Morgan fingerprint density at radius 2 is 0.684 bits per heavy atom. The molecule has 17 rings (SSSR count). The third kappa shape index (κ3) is 5.12. The van der Waals surface area contributed by atoms with Crippen LogP contribution in [0.1, 0.15) is 11.1 Å². The summed E-state index contributed by atoms with van der Waals surface area (Å²) in [5.41, 5.74) is 12.4. The number of pyridine rings is 1. The molecule has 17 aromatic rings. The molecule has 0 fully saturated rings. The van der Waals surface area contributed by atoms with Crippen molar-refractivity contribution in [1.82, 2.24) is 18.7 Å². The van der Waals surface area contributed by atoms with Crippen LogP contribution in [0.5, 0.6) is 0 Å². The molecule has 0 spiro atoms. The predicted molar refractivity (Wildman–Crippen MR) is 304 cm³/mol. The van der Waals surface area contributed by atoms with Crippen molar-refractivity contribution in [2.75, 3.05) is 0 Å². The van der Waals surface area contributed by atoms with Crippen molar-refractivity contribution in [2.24, 2.45) is 0 Å². The Labute approximate surface area is 429 Å². The van der Waals surface area contributed by atoms with Gasteiger partial charge in [0.25, 0.3) is 0 Å². The molecule has 0 saturated heterocycles. The van der Waals surface area contributed by atoms with E-state index in [0.717, 1.165) is 120 Å². The molecule has 0 saturated carbocycles. The van der Waals surface area contributed by atoms with Gasteiger partial charge in [0.15, 0.2) is 16.7 Å². The Kier molecular flexibility index (Phi) is 7.96. The fraction of sp³-hybridized carbons (Fsp3) is 0. The summed E-state index contributed by atoms with van der Waals surface area (Å²) in [4.78, 5) is 4.84. The number of aromatic nitrogens is 4. The first-order valence-electron chi connectivity index (χ1n) is 25.1. The highest BCUT2D eigenvalue weighted by Crippen LogP contribution is 2.52. The molecule has 0 aliphatic heterocycles. The van der Waals surface area contributed by atoms with E-state index in [1.165, 1.54) is 0 Å². The zero-order chi connectivity index (χ0) is 49.9. The number of nitrogens with zero attached hydrogens (tertiary/aromatic N) is 6. The summed E-state index contributed by atoms with van der Waals surface area (Å²) in [6.45, 7) is 0. The summed E-state index contributed by atoms with van der Waals surface area (Å²) in [6.07, 6.45) is 3.62. The average molecular weight is 971 g/mol. The average Bonchev–Trinajstić information content (AvgIpc) is 4.48. The van der Waals surface area contributed by atoms with Crippen molar-refractivity contribution in [3.05, 3.63) is 218 Å². The third-order valence-electron chi connectivity index (χ3n) is 15.8. The van der Waals surface area contributed by atoms with Crippen LogP contribution in [0, 0.1) is 22.7 Å². The van der Waals surface area contributed by atoms with E-state index in [4.69, 9.17) is 18.2 Å². The molecule has 0 atom stereocenters. The van der Waals surface area contributed by atoms with Gasteiger partial charge in [0.05, 0.1) is 61.3 Å². The van der Waals surface area contributed by atoms with Gasteiger partial charge in [-0.05, 0) is 60.7 Å². The van der Waals surface area contributed by atoms with Crippen molar-refractivity contribution < 1.29 is 13.3 Å². The van der Waals surface area contributed by atoms with Gasteiger partial charge in [-0.3, -0.25) is 4.98 Å². The largest absolute Gasteiger partial charge is 0.454 e. The predicted octanol–water partition coefficient (Wildman–Crippen LogP) is 17.5. The molecule has 0 radical (unpaired) electrons. The van der Waals surface area contributed by atoms with Crippen LogP contribution >= 0.6 is 0 Å². The lowest BCUT2D eigenvalue weighted by Gasteiger charge is -2.26. The van der Waals surface area contributed by atoms with Crippen molar-refractivity contribution >= 4 is 131 Å². The van der Waals surface area contributed by atoms with Gasteiger partial charge in [0, 0.05) is 88.2 Å². The molecule has 350 valence electrons. The van der Waals surface area contributed by atoms with Gasteiger partial charge in [-0.15, -0.1) is 0 Å². The molecule has 0 amide bonds. The van der Waals surface area contributed by atoms with Gasteiger partial charge >= 0.3 is 0 Å². The van der Waals surface area contributed by atoms with Crippen LogP contribution in [-0.4, -0.2) is 18.7 Å². The van der Waals surface area contributed by atoms with Crippen LogP contribution in [0.15, 0.2) is 220 Å². The lowest BCUT2D eigenvalue weighted by atomic mass is 9.92. The Morgan fingerprint density at radius 3 is 1.09 bits per heavy atom. The molecule has 0 bridgehead atoms. The smallest absolute Gasteiger partial charge is 0.160 e. The number of hydrogen-bond donors (Lipinski definition) is 0. The van der Waals surface area contributed by atoms with Gasteiger partial charge < -0.3 is 27.0 Å². The van der Waals surface area contributed by atoms with Crippen molar-refractivity contribution in [3.63, 3.8) is 0 Å². The standard InChI is InChI=1S/C67H34N6O3/c68-34-50-51(35-69)60(72-53-22-8-2-16-39(53)45-28-31-48-42-19-5-11-25-56(42)75-66(48)62(45)72)64(73-54-23-9-3-17-40(54)46-29-32-49-43-20-6-12-26-57(43)76-67(49)63(46)73)58(37-14-13-33-70-36-37)59(50)71-52-21-7-1-15-38(52)44-27-30-47-41-18-4-10-24-55(41)74-65(47)61(44)71/h1-33,36H. The molecule has 0 N–H and O–H groups in total. The SMILES string of the molecule is N#Cc1c(C#N)c(-n2c3ccccc3c3ccc4c5ccccc5oc4c32)c(-n2c3ccccc3c3ccc4c5ccccc5oc4c32)c(-c2cccnc2)c1-n1c2ccccc2c2ccc3c4ccccc4oc3c21. The van der Waals surface area contributed by atoms with Gasteiger partial charge in [0.2, 0.25) is 0 Å². The second-order valence-corrected chi connectivity index (χ2v) is 19.5. The van der Waals surface area contributed by atoms with Crippen molar-refractivity contribution in [1.29, 1.82) is 10.5 Å². The molecule has 0 aliphatic rings. The summed E-state index contributed by atoms with van der Waals surface area (Å²) in [5.74, 6) is 0.